The van der Waals surface area contributed by atoms with E-state index < -0.39 is 0 Å². The molecule has 0 saturated carbocycles. The maximum Gasteiger partial charge on any atom is 0.254 e. The monoisotopic (exact) mass is 542 g/mol. The molecule has 38 heavy (non-hydrogen) atoms. The zero-order valence-corrected chi connectivity index (χ0v) is 22.9. The number of hydrogen-bond donors (Lipinski definition) is 0. The molecule has 1 amide bonds. The maximum atomic E-state index is 13.5. The van der Waals surface area contributed by atoms with Crippen molar-refractivity contribution in [3.63, 3.8) is 0 Å². The summed E-state index contributed by atoms with van der Waals surface area (Å²) in [7, 11) is 0. The van der Waals surface area contributed by atoms with Gasteiger partial charge in [0.2, 0.25) is 0 Å². The summed E-state index contributed by atoms with van der Waals surface area (Å²) in [6.45, 7) is 3.26. The first-order valence-electron chi connectivity index (χ1n) is 13.0. The lowest BCUT2D eigenvalue weighted by Crippen LogP contribution is -2.32. The van der Waals surface area contributed by atoms with Gasteiger partial charge >= 0.3 is 0 Å². The van der Waals surface area contributed by atoms with Crippen LogP contribution in [0.5, 0.6) is 0 Å². The molecule has 0 spiro atoms. The SMILES string of the molecule is O=C(c1ccc(CSc2nc(Cl)cc(N3CCCC3)n2)cc1)N(CCc1ccccc1)Cc1ccccc1. The zero-order chi connectivity index (χ0) is 26.2. The summed E-state index contributed by atoms with van der Waals surface area (Å²) in [6.07, 6.45) is 3.18. The highest BCUT2D eigenvalue weighted by atomic mass is 35.5. The molecule has 1 fully saturated rings. The lowest BCUT2D eigenvalue weighted by molar-refractivity contribution is 0.0745. The zero-order valence-electron chi connectivity index (χ0n) is 21.3. The number of hydrogen-bond acceptors (Lipinski definition) is 5. The summed E-state index contributed by atoms with van der Waals surface area (Å²) in [5, 5.41) is 1.15. The summed E-state index contributed by atoms with van der Waals surface area (Å²) >= 11 is 7.84. The van der Waals surface area contributed by atoms with E-state index in [1.807, 2.05) is 71.6 Å². The molecule has 2 heterocycles. The van der Waals surface area contributed by atoms with Crippen molar-refractivity contribution < 1.29 is 4.79 Å². The quantitative estimate of drug-likeness (QED) is 0.124. The van der Waals surface area contributed by atoms with Crippen molar-refractivity contribution in [2.45, 2.75) is 36.7 Å². The molecule has 0 atom stereocenters. The van der Waals surface area contributed by atoms with Crippen LogP contribution in [0, 0.1) is 0 Å². The molecule has 1 aliphatic heterocycles. The van der Waals surface area contributed by atoms with Crippen LogP contribution in [0.4, 0.5) is 5.82 Å². The van der Waals surface area contributed by atoms with Gasteiger partial charge in [-0.2, -0.15) is 0 Å². The number of nitrogens with zero attached hydrogens (tertiary/aromatic N) is 4. The molecule has 0 N–H and O–H groups in total. The van der Waals surface area contributed by atoms with E-state index in [0.29, 0.717) is 34.7 Å². The number of carbonyl (C=O) groups excluding carboxylic acids is 1. The first-order valence-corrected chi connectivity index (χ1v) is 14.4. The topological polar surface area (TPSA) is 49.3 Å². The summed E-state index contributed by atoms with van der Waals surface area (Å²) < 4.78 is 0. The molecule has 0 unspecified atom stereocenters. The molecule has 7 heteroatoms. The van der Waals surface area contributed by atoms with Crippen LogP contribution >= 0.6 is 23.4 Å². The van der Waals surface area contributed by atoms with Crippen LogP contribution in [-0.2, 0) is 18.7 Å². The Kier molecular flexibility index (Phi) is 8.94. The summed E-state index contributed by atoms with van der Waals surface area (Å²) in [6, 6.07) is 30.2. The Morgan fingerprint density at radius 3 is 2.18 bits per heavy atom. The highest BCUT2D eigenvalue weighted by Crippen LogP contribution is 2.26. The lowest BCUT2D eigenvalue weighted by Gasteiger charge is -2.23. The van der Waals surface area contributed by atoms with Crippen LogP contribution in [0.15, 0.2) is 96.2 Å². The number of anilines is 1. The lowest BCUT2D eigenvalue weighted by atomic mass is 10.1. The number of rotatable bonds is 10. The van der Waals surface area contributed by atoms with Crippen LogP contribution in [0.1, 0.15) is 39.9 Å². The van der Waals surface area contributed by atoms with E-state index in [2.05, 4.69) is 34.1 Å². The van der Waals surface area contributed by atoms with Crippen LogP contribution in [0.25, 0.3) is 0 Å². The molecule has 0 aliphatic carbocycles. The van der Waals surface area contributed by atoms with E-state index in [1.165, 1.54) is 18.4 Å². The standard InChI is InChI=1S/C31H31ClN4OS/c32-28-21-29(35-18-7-8-19-35)34-31(33-28)38-23-26-13-15-27(16-14-26)30(37)36(22-25-11-5-2-6-12-25)20-17-24-9-3-1-4-10-24/h1-6,9-16,21H,7-8,17-20,22-23H2. The van der Waals surface area contributed by atoms with Crippen molar-refractivity contribution in [1.82, 2.24) is 14.9 Å². The predicted octanol–water partition coefficient (Wildman–Crippen LogP) is 6.91. The molecule has 1 aromatic heterocycles. The summed E-state index contributed by atoms with van der Waals surface area (Å²) in [5.74, 6) is 1.65. The van der Waals surface area contributed by atoms with E-state index in [9.17, 15) is 4.79 Å². The number of aromatic nitrogens is 2. The second-order valence-corrected chi connectivity index (χ2v) is 10.8. The molecule has 0 radical (unpaired) electrons. The van der Waals surface area contributed by atoms with E-state index in [0.717, 1.165) is 36.5 Å². The molecular formula is C31H31ClN4OS. The molecule has 3 aromatic carbocycles. The van der Waals surface area contributed by atoms with Crippen molar-refractivity contribution in [1.29, 1.82) is 0 Å². The predicted molar refractivity (Wildman–Crippen MR) is 156 cm³/mol. The number of carbonyl (C=O) groups is 1. The van der Waals surface area contributed by atoms with Crippen LogP contribution in [-0.4, -0.2) is 40.4 Å². The third kappa shape index (κ3) is 7.15. The third-order valence-electron chi connectivity index (χ3n) is 6.68. The maximum absolute atomic E-state index is 13.5. The van der Waals surface area contributed by atoms with Gasteiger partial charge in [-0.25, -0.2) is 9.97 Å². The van der Waals surface area contributed by atoms with Gasteiger partial charge < -0.3 is 9.80 Å². The molecule has 0 bridgehead atoms. The average molecular weight is 543 g/mol. The average Bonchev–Trinajstić information content (AvgIpc) is 3.50. The Bertz CT molecular complexity index is 1330. The molecular weight excluding hydrogens is 512 g/mol. The highest BCUT2D eigenvalue weighted by Gasteiger charge is 2.18. The van der Waals surface area contributed by atoms with E-state index in [4.69, 9.17) is 16.6 Å². The minimum Gasteiger partial charge on any atom is -0.356 e. The van der Waals surface area contributed by atoms with Crippen molar-refractivity contribution in [2.24, 2.45) is 0 Å². The van der Waals surface area contributed by atoms with Gasteiger partial charge in [0.05, 0.1) is 0 Å². The summed E-state index contributed by atoms with van der Waals surface area (Å²) in [5.41, 5.74) is 4.15. The fourth-order valence-electron chi connectivity index (χ4n) is 4.60. The van der Waals surface area contributed by atoms with Gasteiger partial charge in [0.15, 0.2) is 5.16 Å². The minimum absolute atomic E-state index is 0.0393. The molecule has 194 valence electrons. The van der Waals surface area contributed by atoms with Crippen molar-refractivity contribution in [3.8, 4) is 0 Å². The van der Waals surface area contributed by atoms with Crippen molar-refractivity contribution in [3.05, 3.63) is 118 Å². The molecule has 1 aliphatic rings. The normalized spacial score (nSPS) is 13.0. The van der Waals surface area contributed by atoms with Gasteiger partial charge in [-0.05, 0) is 48.1 Å². The van der Waals surface area contributed by atoms with Crippen LogP contribution < -0.4 is 4.90 Å². The number of thioether (sulfide) groups is 1. The fourth-order valence-corrected chi connectivity index (χ4v) is 5.63. The number of benzene rings is 3. The molecule has 1 saturated heterocycles. The second kappa shape index (κ2) is 12.9. The number of amides is 1. The Morgan fingerprint density at radius 2 is 1.50 bits per heavy atom. The first-order chi connectivity index (χ1) is 18.6. The van der Waals surface area contributed by atoms with E-state index in [1.54, 1.807) is 11.8 Å². The Hall–Kier alpha value is -3.35. The fraction of sp³-hybridized carbons (Fsp3) is 0.258. The third-order valence-corrected chi connectivity index (χ3v) is 7.79. The highest BCUT2D eigenvalue weighted by molar-refractivity contribution is 7.98. The Labute approximate surface area is 233 Å². The molecule has 4 aromatic rings. The molecule has 5 nitrogen and oxygen atoms in total. The second-order valence-electron chi connectivity index (χ2n) is 9.46. The van der Waals surface area contributed by atoms with Crippen molar-refractivity contribution in [2.75, 3.05) is 24.5 Å². The van der Waals surface area contributed by atoms with Gasteiger partial charge in [0.1, 0.15) is 11.0 Å². The minimum atomic E-state index is 0.0393. The summed E-state index contributed by atoms with van der Waals surface area (Å²) in [4.78, 5) is 26.9. The van der Waals surface area contributed by atoms with E-state index in [-0.39, 0.29) is 5.91 Å². The molecule has 5 rings (SSSR count). The Balaban J connectivity index is 1.24. The van der Waals surface area contributed by atoms with Gasteiger partial charge in [-0.3, -0.25) is 4.79 Å². The number of halogens is 1. The van der Waals surface area contributed by atoms with Crippen LogP contribution in [0.2, 0.25) is 5.15 Å². The first kappa shape index (κ1) is 26.3. The van der Waals surface area contributed by atoms with Gasteiger partial charge in [0, 0.05) is 43.6 Å². The largest absolute Gasteiger partial charge is 0.356 e. The van der Waals surface area contributed by atoms with Crippen molar-refractivity contribution >= 4 is 35.1 Å². The van der Waals surface area contributed by atoms with E-state index >= 15 is 0 Å². The van der Waals surface area contributed by atoms with Gasteiger partial charge in [-0.1, -0.05) is 96.2 Å². The van der Waals surface area contributed by atoms with Gasteiger partial charge in [0.25, 0.3) is 5.91 Å². The smallest absolute Gasteiger partial charge is 0.254 e. The van der Waals surface area contributed by atoms with Gasteiger partial charge in [-0.15, -0.1) is 0 Å². The Morgan fingerprint density at radius 1 is 0.842 bits per heavy atom. The van der Waals surface area contributed by atoms with Crippen LogP contribution in [0.3, 0.4) is 0 Å².